The minimum absolute atomic E-state index is 1.19. The second-order valence-electron chi connectivity index (χ2n) is 3.85. The van der Waals surface area contributed by atoms with Crippen LogP contribution in [-0.2, 0) is 12.8 Å². The molecule has 0 N–H and O–H groups in total. The van der Waals surface area contributed by atoms with E-state index in [4.69, 9.17) is 0 Å². The fourth-order valence-electron chi connectivity index (χ4n) is 2.06. The Morgan fingerprint density at radius 1 is 1.21 bits per heavy atom. The highest BCUT2D eigenvalue weighted by atomic mass is 127. The first-order valence-corrected chi connectivity index (χ1v) is 6.37. The third-order valence-corrected chi connectivity index (χ3v) is 3.68. The van der Waals surface area contributed by atoms with Gasteiger partial charge in [-0.2, -0.15) is 0 Å². The lowest BCUT2D eigenvalue weighted by Gasteiger charge is -2.16. The maximum absolute atomic E-state index is 2.53. The molecule has 0 aliphatic carbocycles. The molecule has 1 aliphatic rings. The van der Waals surface area contributed by atoms with Crippen molar-refractivity contribution in [1.29, 1.82) is 0 Å². The van der Waals surface area contributed by atoms with Gasteiger partial charge in [0.25, 0.3) is 0 Å². The van der Waals surface area contributed by atoms with Crippen LogP contribution in [0, 0.1) is 3.57 Å². The summed E-state index contributed by atoms with van der Waals surface area (Å²) < 4.78 is 1.37. The summed E-state index contributed by atoms with van der Waals surface area (Å²) in [7, 11) is 0. The van der Waals surface area contributed by atoms with E-state index in [2.05, 4.69) is 52.6 Å². The summed E-state index contributed by atoms with van der Waals surface area (Å²) in [6.07, 6.45) is 2.44. The Kier molecular flexibility index (Phi) is 3.44. The lowest BCUT2D eigenvalue weighted by molar-refractivity contribution is 0.303. The van der Waals surface area contributed by atoms with Gasteiger partial charge in [-0.25, -0.2) is 0 Å². The lowest BCUT2D eigenvalue weighted by atomic mass is 10.0. The molecule has 0 unspecified atom stereocenters. The topological polar surface area (TPSA) is 3.24 Å². The van der Waals surface area contributed by atoms with Gasteiger partial charge in [0.1, 0.15) is 0 Å². The Morgan fingerprint density at radius 3 is 2.64 bits per heavy atom. The van der Waals surface area contributed by atoms with Crippen molar-refractivity contribution in [2.24, 2.45) is 0 Å². The number of nitrogens with zero attached hydrogens (tertiary/aromatic N) is 1. The van der Waals surface area contributed by atoms with E-state index in [1.807, 2.05) is 0 Å². The summed E-state index contributed by atoms with van der Waals surface area (Å²) in [6, 6.07) is 6.87. The molecule has 14 heavy (non-hydrogen) atoms. The summed E-state index contributed by atoms with van der Waals surface area (Å²) >= 11 is 2.40. The predicted molar refractivity (Wildman–Crippen MR) is 68.7 cm³/mol. The van der Waals surface area contributed by atoms with E-state index >= 15 is 0 Å². The van der Waals surface area contributed by atoms with Crippen molar-refractivity contribution in [1.82, 2.24) is 4.90 Å². The minimum Gasteiger partial charge on any atom is -0.303 e. The molecule has 0 atom stereocenters. The van der Waals surface area contributed by atoms with Gasteiger partial charge in [-0.3, -0.25) is 0 Å². The van der Waals surface area contributed by atoms with Crippen LogP contribution in [0.5, 0.6) is 0 Å². The van der Waals surface area contributed by atoms with Crippen molar-refractivity contribution >= 4 is 22.6 Å². The Bertz CT molecular complexity index is 322. The zero-order chi connectivity index (χ0) is 9.97. The van der Waals surface area contributed by atoms with Crippen molar-refractivity contribution < 1.29 is 0 Å². The van der Waals surface area contributed by atoms with Crippen molar-refractivity contribution in [3.8, 4) is 0 Å². The maximum Gasteiger partial charge on any atom is 0.0133 e. The number of rotatable bonds is 1. The summed E-state index contributed by atoms with van der Waals surface area (Å²) in [5.74, 6) is 0. The monoisotopic (exact) mass is 301 g/mol. The largest absolute Gasteiger partial charge is 0.303 e. The van der Waals surface area contributed by atoms with Crippen LogP contribution in [0.4, 0.5) is 0 Å². The Hall–Kier alpha value is -0.0900. The molecular formula is C12H16IN. The molecule has 76 valence electrons. The van der Waals surface area contributed by atoms with E-state index in [9.17, 15) is 0 Å². The highest BCUT2D eigenvalue weighted by molar-refractivity contribution is 14.1. The SMILES string of the molecule is CCN1CCc2ccc(I)cc2CC1. The van der Waals surface area contributed by atoms with Crippen LogP contribution in [0.2, 0.25) is 0 Å². The Morgan fingerprint density at radius 2 is 1.93 bits per heavy atom. The normalized spacial score (nSPS) is 17.6. The van der Waals surface area contributed by atoms with Crippen LogP contribution >= 0.6 is 22.6 Å². The molecule has 0 saturated heterocycles. The van der Waals surface area contributed by atoms with E-state index < -0.39 is 0 Å². The third kappa shape index (κ3) is 2.28. The van der Waals surface area contributed by atoms with Gasteiger partial charge in [0.15, 0.2) is 0 Å². The zero-order valence-corrected chi connectivity index (χ0v) is 10.8. The smallest absolute Gasteiger partial charge is 0.0133 e. The average Bonchev–Trinajstić information content (AvgIpc) is 2.39. The second-order valence-corrected chi connectivity index (χ2v) is 5.09. The van der Waals surface area contributed by atoms with Crippen molar-refractivity contribution in [2.75, 3.05) is 19.6 Å². The number of fused-ring (bicyclic) bond motifs is 1. The first kappa shape index (κ1) is 10.4. The summed E-state index contributed by atoms with van der Waals surface area (Å²) in [5, 5.41) is 0. The van der Waals surface area contributed by atoms with Crippen LogP contribution in [0.25, 0.3) is 0 Å². The molecule has 0 saturated carbocycles. The summed E-state index contributed by atoms with van der Waals surface area (Å²) in [5.41, 5.74) is 3.12. The van der Waals surface area contributed by atoms with E-state index in [1.165, 1.54) is 36.0 Å². The molecule has 2 heteroatoms. The fraction of sp³-hybridized carbons (Fsp3) is 0.500. The van der Waals surface area contributed by atoms with Gasteiger partial charge >= 0.3 is 0 Å². The van der Waals surface area contributed by atoms with Gasteiger partial charge in [-0.05, 0) is 65.2 Å². The Balaban J connectivity index is 2.21. The molecule has 0 bridgehead atoms. The molecule has 2 rings (SSSR count). The number of likely N-dealkylation sites (N-methyl/N-ethyl adjacent to an activating group) is 1. The molecule has 1 aromatic rings. The quantitative estimate of drug-likeness (QED) is 0.721. The van der Waals surface area contributed by atoms with Gasteiger partial charge in [0, 0.05) is 16.7 Å². The fourth-order valence-corrected chi connectivity index (χ4v) is 2.61. The number of hydrogen-bond acceptors (Lipinski definition) is 1. The first-order valence-electron chi connectivity index (χ1n) is 5.29. The first-order chi connectivity index (χ1) is 6.79. The van der Waals surface area contributed by atoms with E-state index in [0.29, 0.717) is 0 Å². The second kappa shape index (κ2) is 4.62. The minimum atomic E-state index is 1.19. The highest BCUT2D eigenvalue weighted by Gasteiger charge is 2.12. The average molecular weight is 301 g/mol. The summed E-state index contributed by atoms with van der Waals surface area (Å²) in [4.78, 5) is 2.53. The van der Waals surface area contributed by atoms with Crippen LogP contribution in [-0.4, -0.2) is 24.5 Å². The molecule has 1 nitrogen and oxygen atoms in total. The van der Waals surface area contributed by atoms with Crippen molar-refractivity contribution in [3.05, 3.63) is 32.9 Å². The molecule has 1 aromatic carbocycles. The highest BCUT2D eigenvalue weighted by Crippen LogP contribution is 2.18. The summed E-state index contributed by atoms with van der Waals surface area (Å²) in [6.45, 7) is 5.89. The molecule has 1 heterocycles. The van der Waals surface area contributed by atoms with Crippen LogP contribution in [0.15, 0.2) is 18.2 Å². The molecule has 0 spiro atoms. The van der Waals surface area contributed by atoms with Crippen LogP contribution < -0.4 is 0 Å². The number of hydrogen-bond donors (Lipinski definition) is 0. The predicted octanol–water partition coefficient (Wildman–Crippen LogP) is 2.71. The molecule has 0 fully saturated rings. The third-order valence-electron chi connectivity index (χ3n) is 3.01. The molecular weight excluding hydrogens is 285 g/mol. The molecule has 0 radical (unpaired) electrons. The van der Waals surface area contributed by atoms with Gasteiger partial charge in [-0.15, -0.1) is 0 Å². The zero-order valence-electron chi connectivity index (χ0n) is 8.59. The van der Waals surface area contributed by atoms with E-state index in [0.717, 1.165) is 0 Å². The standard InChI is InChI=1S/C12H16IN/c1-2-14-7-5-10-3-4-12(13)9-11(10)6-8-14/h3-4,9H,2,5-8H2,1H3. The van der Waals surface area contributed by atoms with Crippen molar-refractivity contribution in [3.63, 3.8) is 0 Å². The lowest BCUT2D eigenvalue weighted by Crippen LogP contribution is -2.25. The molecule has 1 aliphatic heterocycles. The van der Waals surface area contributed by atoms with Gasteiger partial charge in [0.05, 0.1) is 0 Å². The molecule has 0 aromatic heterocycles. The molecule has 0 amide bonds. The number of halogens is 1. The Labute approximate surface area is 99.6 Å². The van der Waals surface area contributed by atoms with Crippen LogP contribution in [0.3, 0.4) is 0 Å². The van der Waals surface area contributed by atoms with Gasteiger partial charge in [0.2, 0.25) is 0 Å². The van der Waals surface area contributed by atoms with Crippen LogP contribution in [0.1, 0.15) is 18.1 Å². The van der Waals surface area contributed by atoms with Gasteiger partial charge in [-0.1, -0.05) is 13.0 Å². The van der Waals surface area contributed by atoms with E-state index in [-0.39, 0.29) is 0 Å². The van der Waals surface area contributed by atoms with Crippen molar-refractivity contribution in [2.45, 2.75) is 19.8 Å². The number of benzene rings is 1. The maximum atomic E-state index is 2.53. The van der Waals surface area contributed by atoms with E-state index in [1.54, 1.807) is 11.1 Å². The van der Waals surface area contributed by atoms with Gasteiger partial charge < -0.3 is 4.90 Å².